The molecule has 0 spiro atoms. The highest BCUT2D eigenvalue weighted by molar-refractivity contribution is 5.82. The van der Waals surface area contributed by atoms with Crippen LogP contribution in [0.3, 0.4) is 0 Å². The van der Waals surface area contributed by atoms with E-state index in [0.717, 1.165) is 85.5 Å². The van der Waals surface area contributed by atoms with Crippen molar-refractivity contribution >= 4 is 17.1 Å². The maximum absolute atomic E-state index is 10.2. The van der Waals surface area contributed by atoms with Gasteiger partial charge in [0.15, 0.2) is 0 Å². The fraction of sp³-hybridized carbons (Fsp3) is 0.115. The molecule has 322 valence electrons. The van der Waals surface area contributed by atoms with Crippen LogP contribution in [0.25, 0.3) is 66.8 Å². The molecule has 9 rings (SSSR count). The summed E-state index contributed by atoms with van der Waals surface area (Å²) in [6.45, 7) is 8.03. The van der Waals surface area contributed by atoms with Crippen molar-refractivity contribution in [2.24, 2.45) is 0 Å². The first-order valence-corrected chi connectivity index (χ1v) is 22.6. The van der Waals surface area contributed by atoms with Crippen molar-refractivity contribution < 1.29 is 15.3 Å². The summed E-state index contributed by atoms with van der Waals surface area (Å²) in [6, 6.07) is 72.0. The van der Waals surface area contributed by atoms with E-state index in [-0.39, 0.29) is 12.4 Å². The van der Waals surface area contributed by atoms with Gasteiger partial charge >= 0.3 is 0 Å². The van der Waals surface area contributed by atoms with Crippen molar-refractivity contribution in [3.63, 3.8) is 0 Å². The normalized spacial score (nSPS) is 10.8. The minimum Gasteiger partial charge on any atom is -0.508 e. The molecule has 0 aliphatic rings. The van der Waals surface area contributed by atoms with Crippen LogP contribution in [-0.2, 0) is 19.4 Å². The SMILES string of the molecule is CC.CCc1ccc(-c2ccc(-c3ccc(N(c4ccc(-c5ccc(-c6ccc(O)c(CC)c6)cc5)cc4)c4ccc(-c5ccc(-c6ccc(O)c(CO)c6)cc5)cc4)cc3)cc2)cc1. The first kappa shape index (κ1) is 44.0. The Balaban J connectivity index is 0.00000284. The number of benzene rings is 9. The third kappa shape index (κ3) is 9.79. The number of aryl methyl sites for hydroxylation is 2. The van der Waals surface area contributed by atoms with Crippen LogP contribution in [-0.4, -0.2) is 15.3 Å². The first-order chi connectivity index (χ1) is 31.9. The van der Waals surface area contributed by atoms with Gasteiger partial charge < -0.3 is 20.2 Å². The predicted octanol–water partition coefficient (Wildman–Crippen LogP) is 16.2. The second-order valence-electron chi connectivity index (χ2n) is 16.0. The Bertz CT molecular complexity index is 2810. The fourth-order valence-corrected chi connectivity index (χ4v) is 8.29. The summed E-state index contributed by atoms with van der Waals surface area (Å²) < 4.78 is 0. The molecule has 0 amide bonds. The van der Waals surface area contributed by atoms with Gasteiger partial charge in [-0.1, -0.05) is 173 Å². The van der Waals surface area contributed by atoms with Crippen LogP contribution in [0.1, 0.15) is 44.4 Å². The van der Waals surface area contributed by atoms with Crippen molar-refractivity contribution in [1.82, 2.24) is 0 Å². The Morgan fingerprint density at radius 3 is 0.846 bits per heavy atom. The van der Waals surface area contributed by atoms with E-state index in [1.807, 2.05) is 32.0 Å². The Kier molecular flexibility index (Phi) is 13.7. The molecule has 0 heterocycles. The molecular weight excluding hydrogens is 795 g/mol. The Morgan fingerprint density at radius 2 is 0.554 bits per heavy atom. The molecule has 0 aliphatic heterocycles. The van der Waals surface area contributed by atoms with Crippen LogP contribution in [0, 0.1) is 0 Å². The van der Waals surface area contributed by atoms with Crippen LogP contribution in [0.4, 0.5) is 17.1 Å². The van der Waals surface area contributed by atoms with E-state index < -0.39 is 0 Å². The molecule has 0 atom stereocenters. The van der Waals surface area contributed by atoms with Crippen molar-refractivity contribution in [3.8, 4) is 78.3 Å². The standard InChI is InChI=1S/C59H49NO3.C2H6/c1-3-40-5-7-42(8-6-40)43-9-11-44(12-10-43)47-21-29-55(30-22-47)60(56-31-23-48(24-32-56)45-13-17-50(18-14-45)52-27-35-58(62)41(4-2)37-52)57-33-25-49(26-34-57)46-15-19-51(20-16-46)53-28-36-59(63)54(38-53)39-61;1-2/h5-38,61-63H,3-4,39H2,1-2H3;1-2H3. The van der Waals surface area contributed by atoms with Gasteiger partial charge in [-0.15, -0.1) is 0 Å². The van der Waals surface area contributed by atoms with Gasteiger partial charge in [0, 0.05) is 22.6 Å². The molecule has 65 heavy (non-hydrogen) atoms. The monoisotopic (exact) mass is 849 g/mol. The lowest BCUT2D eigenvalue weighted by atomic mass is 9.98. The van der Waals surface area contributed by atoms with Gasteiger partial charge in [-0.25, -0.2) is 0 Å². The number of rotatable bonds is 12. The summed E-state index contributed by atoms with van der Waals surface area (Å²) in [5.41, 5.74) is 19.3. The number of anilines is 3. The Morgan fingerprint density at radius 1 is 0.308 bits per heavy atom. The van der Waals surface area contributed by atoms with Crippen LogP contribution < -0.4 is 4.90 Å². The number of aromatic hydroxyl groups is 2. The number of aliphatic hydroxyl groups is 1. The van der Waals surface area contributed by atoms with Gasteiger partial charge in [0.25, 0.3) is 0 Å². The maximum Gasteiger partial charge on any atom is 0.121 e. The molecule has 9 aromatic carbocycles. The summed E-state index contributed by atoms with van der Waals surface area (Å²) in [6.07, 6.45) is 1.82. The highest BCUT2D eigenvalue weighted by Crippen LogP contribution is 2.39. The fourth-order valence-electron chi connectivity index (χ4n) is 8.29. The summed E-state index contributed by atoms with van der Waals surface area (Å²) >= 11 is 0. The van der Waals surface area contributed by atoms with Crippen LogP contribution in [0.2, 0.25) is 0 Å². The lowest BCUT2D eigenvalue weighted by Gasteiger charge is -2.26. The third-order valence-corrected chi connectivity index (χ3v) is 12.1. The van der Waals surface area contributed by atoms with Gasteiger partial charge in [-0.3, -0.25) is 0 Å². The first-order valence-electron chi connectivity index (χ1n) is 22.6. The Hall–Kier alpha value is -7.66. The molecule has 0 bridgehead atoms. The van der Waals surface area contributed by atoms with E-state index in [1.165, 1.54) is 22.3 Å². The molecule has 0 unspecified atom stereocenters. The zero-order valence-corrected chi connectivity index (χ0v) is 37.5. The van der Waals surface area contributed by atoms with E-state index in [1.54, 1.807) is 12.1 Å². The van der Waals surface area contributed by atoms with Crippen LogP contribution in [0.5, 0.6) is 11.5 Å². The number of aliphatic hydroxyl groups excluding tert-OH is 1. The third-order valence-electron chi connectivity index (χ3n) is 12.1. The smallest absolute Gasteiger partial charge is 0.121 e. The number of hydrogen-bond acceptors (Lipinski definition) is 4. The van der Waals surface area contributed by atoms with Gasteiger partial charge in [0.05, 0.1) is 6.61 Å². The van der Waals surface area contributed by atoms with E-state index in [0.29, 0.717) is 11.3 Å². The topological polar surface area (TPSA) is 63.9 Å². The number of phenolic OH excluding ortho intramolecular Hbond substituents is 1. The molecule has 4 heteroatoms. The van der Waals surface area contributed by atoms with Gasteiger partial charge in [-0.05, 0) is 151 Å². The van der Waals surface area contributed by atoms with Gasteiger partial charge in [-0.2, -0.15) is 0 Å². The lowest BCUT2D eigenvalue weighted by Crippen LogP contribution is -2.09. The predicted molar refractivity (Wildman–Crippen MR) is 273 cm³/mol. The van der Waals surface area contributed by atoms with Crippen LogP contribution >= 0.6 is 0 Å². The molecular formula is C61H55NO3. The summed E-state index contributed by atoms with van der Waals surface area (Å²) in [5, 5.41) is 29.9. The average molecular weight is 850 g/mol. The average Bonchev–Trinajstić information content (AvgIpc) is 3.38. The van der Waals surface area contributed by atoms with E-state index in [9.17, 15) is 15.3 Å². The second-order valence-corrected chi connectivity index (χ2v) is 16.0. The minimum atomic E-state index is -0.213. The van der Waals surface area contributed by atoms with Crippen molar-refractivity contribution in [2.75, 3.05) is 4.90 Å². The van der Waals surface area contributed by atoms with E-state index >= 15 is 0 Å². The molecule has 0 aromatic heterocycles. The lowest BCUT2D eigenvalue weighted by molar-refractivity contribution is 0.275. The number of hydrogen-bond donors (Lipinski definition) is 3. The van der Waals surface area contributed by atoms with E-state index in [4.69, 9.17) is 0 Å². The number of phenols is 2. The quantitative estimate of drug-likeness (QED) is 0.115. The molecule has 3 N–H and O–H groups in total. The zero-order chi connectivity index (χ0) is 45.3. The van der Waals surface area contributed by atoms with Crippen molar-refractivity contribution in [1.29, 1.82) is 0 Å². The molecule has 9 aromatic rings. The highest BCUT2D eigenvalue weighted by atomic mass is 16.3. The second kappa shape index (κ2) is 20.2. The molecule has 0 saturated heterocycles. The largest absolute Gasteiger partial charge is 0.508 e. The van der Waals surface area contributed by atoms with E-state index in [2.05, 4.69) is 195 Å². The minimum absolute atomic E-state index is 0.0981. The highest BCUT2D eigenvalue weighted by Gasteiger charge is 2.15. The summed E-state index contributed by atoms with van der Waals surface area (Å²) in [7, 11) is 0. The molecule has 0 saturated carbocycles. The van der Waals surface area contributed by atoms with Gasteiger partial charge in [0.2, 0.25) is 0 Å². The molecule has 0 radical (unpaired) electrons. The maximum atomic E-state index is 10.2. The van der Waals surface area contributed by atoms with Crippen LogP contribution in [0.15, 0.2) is 206 Å². The van der Waals surface area contributed by atoms with Crippen molar-refractivity contribution in [3.05, 3.63) is 223 Å². The zero-order valence-electron chi connectivity index (χ0n) is 37.5. The van der Waals surface area contributed by atoms with Crippen molar-refractivity contribution in [2.45, 2.75) is 47.1 Å². The summed E-state index contributed by atoms with van der Waals surface area (Å²) in [4.78, 5) is 2.30. The molecule has 0 fully saturated rings. The molecule has 4 nitrogen and oxygen atoms in total. The van der Waals surface area contributed by atoms with Gasteiger partial charge in [0.1, 0.15) is 11.5 Å². The number of nitrogens with zero attached hydrogens (tertiary/aromatic N) is 1. The summed E-state index contributed by atoms with van der Waals surface area (Å²) in [5.74, 6) is 0.440. The molecule has 0 aliphatic carbocycles. The Labute approximate surface area is 384 Å².